The molecule has 7 nitrogen and oxygen atoms in total. The highest BCUT2D eigenvalue weighted by Gasteiger charge is 2.22. The number of nitrogens with one attached hydrogen (secondary N) is 2. The van der Waals surface area contributed by atoms with E-state index in [2.05, 4.69) is 26.2 Å². The van der Waals surface area contributed by atoms with E-state index in [0.717, 1.165) is 15.4 Å². The lowest BCUT2D eigenvalue weighted by molar-refractivity contribution is 0.102. The van der Waals surface area contributed by atoms with Crippen LogP contribution in [0.25, 0.3) is 22.0 Å². The number of hydrogen-bond acceptors (Lipinski definition) is 5. The molecule has 0 atom stereocenters. The number of carbonyl (C=O) groups is 1. The molecule has 0 aliphatic heterocycles. The number of pyridine rings is 1. The van der Waals surface area contributed by atoms with Gasteiger partial charge in [0.15, 0.2) is 11.5 Å². The fourth-order valence-electron chi connectivity index (χ4n) is 3.68. The van der Waals surface area contributed by atoms with Gasteiger partial charge in [0.1, 0.15) is 11.4 Å². The summed E-state index contributed by atoms with van der Waals surface area (Å²) in [6, 6.07) is 18.1. The van der Waals surface area contributed by atoms with E-state index >= 15 is 0 Å². The zero-order chi connectivity index (χ0) is 23.5. The van der Waals surface area contributed by atoms with E-state index in [-0.39, 0.29) is 17.0 Å². The number of aromatic nitrogens is 1. The van der Waals surface area contributed by atoms with Crippen LogP contribution < -0.4 is 25.1 Å². The van der Waals surface area contributed by atoms with Crippen molar-refractivity contribution in [2.45, 2.75) is 0 Å². The number of hydrogen-bond donors (Lipinski definition) is 2. The molecule has 1 aromatic heterocycles. The third kappa shape index (κ3) is 4.29. The highest BCUT2D eigenvalue weighted by molar-refractivity contribution is 9.10. The molecule has 8 heteroatoms. The van der Waals surface area contributed by atoms with E-state index in [4.69, 9.17) is 14.2 Å². The number of ether oxygens (including phenoxy) is 3. The number of carbonyl (C=O) groups excluding carboxylic acids is 1. The molecule has 0 aliphatic carbocycles. The summed E-state index contributed by atoms with van der Waals surface area (Å²) in [5, 5.41) is 3.58. The molecule has 1 amide bonds. The molecule has 1 heterocycles. The maximum Gasteiger partial charge on any atom is 0.272 e. The second kappa shape index (κ2) is 9.38. The zero-order valence-electron chi connectivity index (χ0n) is 18.2. The van der Waals surface area contributed by atoms with E-state index < -0.39 is 11.5 Å². The molecule has 0 saturated heterocycles. The highest BCUT2D eigenvalue weighted by atomic mass is 79.9. The summed E-state index contributed by atoms with van der Waals surface area (Å²) in [7, 11) is 4.43. The van der Waals surface area contributed by atoms with Gasteiger partial charge in [-0.05, 0) is 23.8 Å². The topological polar surface area (TPSA) is 89.7 Å². The Morgan fingerprint density at radius 1 is 0.879 bits per heavy atom. The molecule has 0 unspecified atom stereocenters. The van der Waals surface area contributed by atoms with Gasteiger partial charge in [-0.25, -0.2) is 0 Å². The zero-order valence-corrected chi connectivity index (χ0v) is 19.8. The van der Waals surface area contributed by atoms with Crippen LogP contribution in [0.3, 0.4) is 0 Å². The second-order valence-electron chi connectivity index (χ2n) is 7.12. The number of aromatic amines is 1. The van der Waals surface area contributed by atoms with Gasteiger partial charge in [-0.2, -0.15) is 0 Å². The molecular weight excluding hydrogens is 488 g/mol. The number of anilines is 1. The van der Waals surface area contributed by atoms with Crippen molar-refractivity contribution >= 4 is 38.4 Å². The predicted molar refractivity (Wildman–Crippen MR) is 132 cm³/mol. The number of rotatable bonds is 6. The Morgan fingerprint density at radius 3 is 2.21 bits per heavy atom. The van der Waals surface area contributed by atoms with Gasteiger partial charge in [-0.15, -0.1) is 0 Å². The van der Waals surface area contributed by atoms with Gasteiger partial charge in [-0.1, -0.05) is 46.3 Å². The minimum Gasteiger partial charge on any atom is -0.496 e. The lowest BCUT2D eigenvalue weighted by atomic mass is 9.99. The van der Waals surface area contributed by atoms with Crippen LogP contribution in [0.4, 0.5) is 5.69 Å². The summed E-state index contributed by atoms with van der Waals surface area (Å²) in [5.74, 6) is 0.545. The Balaban J connectivity index is 1.90. The van der Waals surface area contributed by atoms with Crippen molar-refractivity contribution in [1.29, 1.82) is 0 Å². The molecule has 0 saturated carbocycles. The van der Waals surface area contributed by atoms with E-state index in [1.54, 1.807) is 6.07 Å². The third-order valence-electron chi connectivity index (χ3n) is 5.23. The first-order valence-electron chi connectivity index (χ1n) is 9.99. The maximum atomic E-state index is 13.4. The van der Waals surface area contributed by atoms with Gasteiger partial charge in [0, 0.05) is 33.1 Å². The van der Waals surface area contributed by atoms with Crippen LogP contribution in [0, 0.1) is 0 Å². The van der Waals surface area contributed by atoms with Crippen molar-refractivity contribution in [1.82, 2.24) is 4.98 Å². The van der Waals surface area contributed by atoms with Crippen LogP contribution in [-0.2, 0) is 0 Å². The lowest BCUT2D eigenvalue weighted by Gasteiger charge is -2.16. The molecule has 2 N–H and O–H groups in total. The first kappa shape index (κ1) is 22.4. The average molecular weight is 509 g/mol. The lowest BCUT2D eigenvalue weighted by Crippen LogP contribution is -2.22. The third-order valence-corrected chi connectivity index (χ3v) is 5.72. The molecule has 0 radical (unpaired) electrons. The van der Waals surface area contributed by atoms with E-state index in [1.807, 2.05) is 48.5 Å². The van der Waals surface area contributed by atoms with Crippen LogP contribution in [0.15, 0.2) is 69.9 Å². The molecule has 0 spiro atoms. The summed E-state index contributed by atoms with van der Waals surface area (Å²) in [4.78, 5) is 29.3. The van der Waals surface area contributed by atoms with E-state index in [1.165, 1.54) is 27.4 Å². The number of benzene rings is 3. The number of halogens is 1. The Labute approximate surface area is 198 Å². The summed E-state index contributed by atoms with van der Waals surface area (Å²) in [6.07, 6.45) is 0. The smallest absolute Gasteiger partial charge is 0.272 e. The second-order valence-corrected chi connectivity index (χ2v) is 8.04. The van der Waals surface area contributed by atoms with Crippen LogP contribution in [0.1, 0.15) is 10.4 Å². The molecule has 4 rings (SSSR count). The number of amides is 1. The monoisotopic (exact) mass is 508 g/mol. The molecule has 33 heavy (non-hydrogen) atoms. The maximum absolute atomic E-state index is 13.4. The fourth-order valence-corrected chi connectivity index (χ4v) is 4.04. The Kier molecular flexibility index (Phi) is 6.37. The Bertz CT molecular complexity index is 1400. The average Bonchev–Trinajstić information content (AvgIpc) is 2.84. The first-order chi connectivity index (χ1) is 16.0. The van der Waals surface area contributed by atoms with Crippen molar-refractivity contribution < 1.29 is 19.0 Å². The van der Waals surface area contributed by atoms with Crippen LogP contribution in [-0.4, -0.2) is 32.2 Å². The predicted octanol–water partition coefficient (Wildman–Crippen LogP) is 5.24. The molecular formula is C25H21BrN2O5. The summed E-state index contributed by atoms with van der Waals surface area (Å²) >= 11 is 3.50. The van der Waals surface area contributed by atoms with Gasteiger partial charge in [0.2, 0.25) is 0 Å². The van der Waals surface area contributed by atoms with Crippen molar-refractivity contribution in [3.05, 3.63) is 81.1 Å². The fraction of sp³-hybridized carbons (Fsp3) is 0.120. The normalized spacial score (nSPS) is 10.7. The van der Waals surface area contributed by atoms with Crippen molar-refractivity contribution in [3.8, 4) is 28.4 Å². The van der Waals surface area contributed by atoms with Gasteiger partial charge >= 0.3 is 0 Å². The number of methoxy groups -OCH3 is 3. The van der Waals surface area contributed by atoms with E-state index in [0.29, 0.717) is 22.6 Å². The highest BCUT2D eigenvalue weighted by Crippen LogP contribution is 2.37. The first-order valence-corrected chi connectivity index (χ1v) is 10.8. The van der Waals surface area contributed by atoms with Crippen LogP contribution >= 0.6 is 15.9 Å². The Hall–Kier alpha value is -3.78. The number of H-pyrrole nitrogens is 1. The van der Waals surface area contributed by atoms with Crippen molar-refractivity contribution in [3.63, 3.8) is 0 Å². The summed E-state index contributed by atoms with van der Waals surface area (Å²) in [6.45, 7) is 0. The molecule has 168 valence electrons. The number of fused-ring (bicyclic) bond motifs is 1. The van der Waals surface area contributed by atoms with Gasteiger partial charge < -0.3 is 24.5 Å². The SMILES string of the molecule is COc1cc(OC)c(C(=O)Nc2c(-c3ccccc3)c3cc(Br)ccc3[nH]c2=O)cc1OC. The van der Waals surface area contributed by atoms with Gasteiger partial charge in [0.05, 0.1) is 26.9 Å². The molecule has 3 aromatic carbocycles. The summed E-state index contributed by atoms with van der Waals surface area (Å²) in [5.41, 5.74) is 1.97. The van der Waals surface area contributed by atoms with Crippen LogP contribution in [0.2, 0.25) is 0 Å². The molecule has 0 aliphatic rings. The van der Waals surface area contributed by atoms with Crippen molar-refractivity contribution in [2.75, 3.05) is 26.6 Å². The minimum absolute atomic E-state index is 0.133. The van der Waals surface area contributed by atoms with Crippen molar-refractivity contribution in [2.24, 2.45) is 0 Å². The largest absolute Gasteiger partial charge is 0.496 e. The molecule has 0 bridgehead atoms. The molecule has 4 aromatic rings. The minimum atomic E-state index is -0.523. The standard InChI is InChI=1S/C25H21BrN2O5/c1-31-19-13-21(33-3)20(32-2)12-17(19)24(29)28-23-22(14-7-5-4-6-8-14)16-11-15(26)9-10-18(16)27-25(23)30/h4-13H,1-3H3,(H,27,30)(H,28,29). The molecule has 0 fully saturated rings. The van der Waals surface area contributed by atoms with Gasteiger partial charge in [0.25, 0.3) is 11.5 Å². The summed E-state index contributed by atoms with van der Waals surface area (Å²) < 4.78 is 16.9. The van der Waals surface area contributed by atoms with Crippen LogP contribution in [0.5, 0.6) is 17.2 Å². The van der Waals surface area contributed by atoms with Gasteiger partial charge in [-0.3, -0.25) is 9.59 Å². The van der Waals surface area contributed by atoms with E-state index in [9.17, 15) is 9.59 Å². The quantitative estimate of drug-likeness (QED) is 0.371. The Morgan fingerprint density at radius 2 is 1.55 bits per heavy atom.